The van der Waals surface area contributed by atoms with Crippen molar-refractivity contribution in [3.63, 3.8) is 0 Å². The van der Waals surface area contributed by atoms with Gasteiger partial charge in [-0.25, -0.2) is 0 Å². The van der Waals surface area contributed by atoms with E-state index in [2.05, 4.69) is 28.8 Å². The lowest BCUT2D eigenvalue weighted by Gasteiger charge is -2.17. The van der Waals surface area contributed by atoms with Gasteiger partial charge >= 0.3 is 0 Å². The molecule has 0 saturated heterocycles. The summed E-state index contributed by atoms with van der Waals surface area (Å²) in [5.74, 6) is -0.460. The third-order valence-electron chi connectivity index (χ3n) is 4.85. The molecule has 3 aromatic carbocycles. The maximum Gasteiger partial charge on any atom is 0.251 e. The van der Waals surface area contributed by atoms with E-state index in [1.165, 1.54) is 0 Å². The number of carbonyl (C=O) groups excluding carboxylic acids is 2. The molecule has 0 radical (unpaired) electrons. The number of hydrogen-bond acceptors (Lipinski definition) is 2. The molecular weight excluding hydrogens is 336 g/mol. The molecule has 2 N–H and O–H groups in total. The summed E-state index contributed by atoms with van der Waals surface area (Å²) < 4.78 is 0. The lowest BCUT2D eigenvalue weighted by molar-refractivity contribution is -0.120. The Bertz CT molecular complexity index is 989. The Morgan fingerprint density at radius 2 is 1.67 bits per heavy atom. The lowest BCUT2D eigenvalue weighted by atomic mass is 10.00. The summed E-state index contributed by atoms with van der Waals surface area (Å²) in [6, 6.07) is 19.5. The van der Waals surface area contributed by atoms with Crippen LogP contribution in [0.5, 0.6) is 0 Å². The first-order chi connectivity index (χ1) is 13.0. The average molecular weight is 360 g/mol. The van der Waals surface area contributed by atoms with Gasteiger partial charge in [0.2, 0.25) is 5.91 Å². The number of aryl methyl sites for hydroxylation is 2. The molecule has 0 bridgehead atoms. The van der Waals surface area contributed by atoms with Gasteiger partial charge in [-0.3, -0.25) is 9.59 Å². The van der Waals surface area contributed by atoms with Gasteiger partial charge in [-0.15, -0.1) is 0 Å². The minimum Gasteiger partial charge on any atom is -0.348 e. The van der Waals surface area contributed by atoms with Gasteiger partial charge in [-0.05, 0) is 60.4 Å². The quantitative estimate of drug-likeness (QED) is 0.721. The van der Waals surface area contributed by atoms with E-state index in [9.17, 15) is 9.59 Å². The first kappa shape index (κ1) is 18.6. The van der Waals surface area contributed by atoms with Gasteiger partial charge in [0.15, 0.2) is 0 Å². The maximum atomic E-state index is 12.3. The van der Waals surface area contributed by atoms with Crippen LogP contribution < -0.4 is 10.6 Å². The summed E-state index contributed by atoms with van der Waals surface area (Å²) in [5.41, 5.74) is 3.81. The van der Waals surface area contributed by atoms with Crippen molar-refractivity contribution in [2.24, 2.45) is 0 Å². The molecule has 27 heavy (non-hydrogen) atoms. The van der Waals surface area contributed by atoms with Crippen LogP contribution in [0.1, 0.15) is 40.0 Å². The minimum atomic E-state index is -0.244. The highest BCUT2D eigenvalue weighted by atomic mass is 16.2. The fraction of sp³-hybridized carbons (Fsp3) is 0.217. The van der Waals surface area contributed by atoms with Crippen LogP contribution in [0.4, 0.5) is 0 Å². The number of benzene rings is 3. The zero-order chi connectivity index (χ0) is 19.4. The standard InChI is InChI=1S/C23H24N2O2/c1-15-11-12-19(13-16(15)2)23(27)24-14-22(26)25-17(3)20-10-6-8-18-7-4-5-9-21(18)20/h4-13,17H,14H2,1-3H3,(H,24,27)(H,25,26). The summed E-state index contributed by atoms with van der Waals surface area (Å²) in [6.45, 7) is 5.86. The third-order valence-corrected chi connectivity index (χ3v) is 4.85. The van der Waals surface area contributed by atoms with E-state index < -0.39 is 0 Å². The van der Waals surface area contributed by atoms with Crippen molar-refractivity contribution in [1.29, 1.82) is 0 Å². The summed E-state index contributed by atoms with van der Waals surface area (Å²) in [5, 5.41) is 7.91. The summed E-state index contributed by atoms with van der Waals surface area (Å²) in [6.07, 6.45) is 0. The van der Waals surface area contributed by atoms with E-state index in [0.717, 1.165) is 27.5 Å². The van der Waals surface area contributed by atoms with Crippen LogP contribution in [0.2, 0.25) is 0 Å². The van der Waals surface area contributed by atoms with Crippen molar-refractivity contribution >= 4 is 22.6 Å². The first-order valence-corrected chi connectivity index (χ1v) is 9.08. The van der Waals surface area contributed by atoms with Crippen LogP contribution in [-0.2, 0) is 4.79 Å². The van der Waals surface area contributed by atoms with Gasteiger partial charge < -0.3 is 10.6 Å². The topological polar surface area (TPSA) is 58.2 Å². The number of nitrogens with one attached hydrogen (secondary N) is 2. The molecule has 0 heterocycles. The van der Waals surface area contributed by atoms with Crippen molar-refractivity contribution in [2.75, 3.05) is 6.54 Å². The Hall–Kier alpha value is -3.14. The highest BCUT2D eigenvalue weighted by molar-refractivity contribution is 5.96. The lowest BCUT2D eigenvalue weighted by Crippen LogP contribution is -2.38. The van der Waals surface area contributed by atoms with E-state index in [4.69, 9.17) is 0 Å². The van der Waals surface area contributed by atoms with Crippen molar-refractivity contribution in [2.45, 2.75) is 26.8 Å². The molecule has 0 aromatic heterocycles. The highest BCUT2D eigenvalue weighted by Gasteiger charge is 2.14. The van der Waals surface area contributed by atoms with Gasteiger partial charge in [0.25, 0.3) is 5.91 Å². The van der Waals surface area contributed by atoms with Crippen LogP contribution in [0.15, 0.2) is 60.7 Å². The van der Waals surface area contributed by atoms with Gasteiger partial charge in [0.1, 0.15) is 0 Å². The number of amides is 2. The normalized spacial score (nSPS) is 11.8. The predicted molar refractivity (Wildman–Crippen MR) is 109 cm³/mol. The Morgan fingerprint density at radius 1 is 0.926 bits per heavy atom. The van der Waals surface area contributed by atoms with Gasteiger partial charge in [-0.2, -0.15) is 0 Å². The SMILES string of the molecule is Cc1ccc(C(=O)NCC(=O)NC(C)c2cccc3ccccc23)cc1C. The van der Waals surface area contributed by atoms with Crippen molar-refractivity contribution in [3.8, 4) is 0 Å². The molecule has 0 aliphatic carbocycles. The van der Waals surface area contributed by atoms with E-state index >= 15 is 0 Å². The second-order valence-electron chi connectivity index (χ2n) is 6.84. The maximum absolute atomic E-state index is 12.3. The molecule has 138 valence electrons. The highest BCUT2D eigenvalue weighted by Crippen LogP contribution is 2.23. The second kappa shape index (κ2) is 8.04. The first-order valence-electron chi connectivity index (χ1n) is 9.08. The molecule has 1 unspecified atom stereocenters. The second-order valence-corrected chi connectivity index (χ2v) is 6.84. The molecule has 0 saturated carbocycles. The van der Waals surface area contributed by atoms with Crippen LogP contribution in [0, 0.1) is 13.8 Å². The zero-order valence-corrected chi connectivity index (χ0v) is 15.9. The van der Waals surface area contributed by atoms with Crippen LogP contribution in [-0.4, -0.2) is 18.4 Å². The van der Waals surface area contributed by atoms with E-state index in [1.807, 2.05) is 57.2 Å². The monoisotopic (exact) mass is 360 g/mol. The Labute approximate surface area is 159 Å². The number of hydrogen-bond donors (Lipinski definition) is 2. The Kier molecular flexibility index (Phi) is 5.55. The summed E-state index contributed by atoms with van der Waals surface area (Å²) in [4.78, 5) is 24.5. The Balaban J connectivity index is 1.61. The third kappa shape index (κ3) is 4.34. The van der Waals surface area contributed by atoms with E-state index in [0.29, 0.717) is 5.56 Å². The van der Waals surface area contributed by atoms with Gasteiger partial charge in [0, 0.05) is 5.56 Å². The number of carbonyl (C=O) groups is 2. The van der Waals surface area contributed by atoms with Crippen LogP contribution >= 0.6 is 0 Å². The van der Waals surface area contributed by atoms with E-state index in [1.54, 1.807) is 6.07 Å². The van der Waals surface area contributed by atoms with Gasteiger partial charge in [-0.1, -0.05) is 48.5 Å². The molecule has 2 amide bonds. The predicted octanol–water partition coefficient (Wildman–Crippen LogP) is 4.06. The minimum absolute atomic E-state index is 0.0547. The molecule has 0 fully saturated rings. The molecule has 0 spiro atoms. The zero-order valence-electron chi connectivity index (χ0n) is 15.9. The molecule has 3 aromatic rings. The van der Waals surface area contributed by atoms with Crippen LogP contribution in [0.3, 0.4) is 0 Å². The smallest absolute Gasteiger partial charge is 0.251 e. The van der Waals surface area contributed by atoms with Crippen molar-refractivity contribution in [1.82, 2.24) is 10.6 Å². The number of rotatable bonds is 5. The molecule has 1 atom stereocenters. The largest absolute Gasteiger partial charge is 0.348 e. The fourth-order valence-electron chi connectivity index (χ4n) is 3.14. The average Bonchev–Trinajstić information content (AvgIpc) is 2.67. The molecule has 0 aliphatic heterocycles. The number of fused-ring (bicyclic) bond motifs is 1. The molecule has 3 rings (SSSR count). The van der Waals surface area contributed by atoms with Crippen LogP contribution in [0.25, 0.3) is 10.8 Å². The van der Waals surface area contributed by atoms with E-state index in [-0.39, 0.29) is 24.4 Å². The Morgan fingerprint density at radius 3 is 2.44 bits per heavy atom. The summed E-state index contributed by atoms with van der Waals surface area (Å²) in [7, 11) is 0. The molecular formula is C23H24N2O2. The molecule has 4 nitrogen and oxygen atoms in total. The molecule has 4 heteroatoms. The summed E-state index contributed by atoms with van der Waals surface area (Å²) >= 11 is 0. The van der Waals surface area contributed by atoms with Gasteiger partial charge in [0.05, 0.1) is 12.6 Å². The fourth-order valence-corrected chi connectivity index (χ4v) is 3.14. The van der Waals surface area contributed by atoms with Crippen molar-refractivity contribution in [3.05, 3.63) is 82.9 Å². The molecule has 0 aliphatic rings. The van der Waals surface area contributed by atoms with Crippen molar-refractivity contribution < 1.29 is 9.59 Å².